The average Bonchev–Trinajstić information content (AvgIpc) is 2.97. The number of hydrogen-bond donors (Lipinski definition) is 0. The lowest BCUT2D eigenvalue weighted by Gasteiger charge is -2.25. The quantitative estimate of drug-likeness (QED) is 0.381. The van der Waals surface area contributed by atoms with Gasteiger partial charge >= 0.3 is 0 Å². The van der Waals surface area contributed by atoms with Gasteiger partial charge in [-0.15, -0.1) is 0 Å². The molecule has 0 bridgehead atoms. The second-order valence-electron chi connectivity index (χ2n) is 8.84. The van der Waals surface area contributed by atoms with Gasteiger partial charge in [0, 0.05) is 28.6 Å². The lowest BCUT2D eigenvalue weighted by molar-refractivity contribution is 0.428. The summed E-state index contributed by atoms with van der Waals surface area (Å²) in [6, 6.07) is 12.2. The number of nitrogens with zero attached hydrogens (tertiary/aromatic N) is 3. The second kappa shape index (κ2) is 8.90. The zero-order chi connectivity index (χ0) is 23.2. The van der Waals surface area contributed by atoms with Crippen molar-refractivity contribution < 1.29 is 8.42 Å². The molecule has 1 aliphatic carbocycles. The summed E-state index contributed by atoms with van der Waals surface area (Å²) in [5, 5.41) is 0.880. The smallest absolute Gasteiger partial charge is 0.264 e. The van der Waals surface area contributed by atoms with E-state index in [1.165, 1.54) is 10.7 Å². The number of hydrogen-bond acceptors (Lipinski definition) is 4. The topological polar surface area (TPSA) is 63.2 Å². The van der Waals surface area contributed by atoms with Gasteiger partial charge in [0.1, 0.15) is 11.0 Å². The Morgan fingerprint density at radius 3 is 2.42 bits per heavy atom. The largest absolute Gasteiger partial charge is 0.265 e. The standard InChI is InChI=1S/C25H25Cl2N3O2S/c1-16-7-10-19(11-8-16)33(31,32)30-14-13-21-23(20-12-9-18(26)15-22(20)30)28-25(29-24(21)27)17-5-3-2-4-6-17/h7-12,15,17H,2-6,13-14H2,1H3. The molecule has 1 fully saturated rings. The molecular weight excluding hydrogens is 477 g/mol. The molecule has 1 aliphatic heterocycles. The first-order chi connectivity index (χ1) is 15.8. The molecule has 33 heavy (non-hydrogen) atoms. The molecule has 0 radical (unpaired) electrons. The van der Waals surface area contributed by atoms with Crippen molar-refractivity contribution in [2.75, 3.05) is 10.8 Å². The fourth-order valence-corrected chi connectivity index (χ4v) is 6.71. The lowest BCUT2D eigenvalue weighted by Crippen LogP contribution is -2.32. The molecule has 0 amide bonds. The fraction of sp³-hybridized carbons (Fsp3) is 0.360. The Hall–Kier alpha value is -2.15. The summed E-state index contributed by atoms with van der Waals surface area (Å²) in [5.74, 6) is 1.04. The van der Waals surface area contributed by atoms with Crippen LogP contribution in [0.1, 0.15) is 55.0 Å². The van der Waals surface area contributed by atoms with E-state index in [4.69, 9.17) is 28.2 Å². The first-order valence-electron chi connectivity index (χ1n) is 11.3. The van der Waals surface area contributed by atoms with Crippen LogP contribution >= 0.6 is 23.2 Å². The Bertz CT molecular complexity index is 1300. The van der Waals surface area contributed by atoms with Crippen molar-refractivity contribution in [2.45, 2.75) is 56.3 Å². The number of anilines is 1. The van der Waals surface area contributed by atoms with Gasteiger partial charge in [-0.1, -0.05) is 60.2 Å². The lowest BCUT2D eigenvalue weighted by atomic mass is 9.88. The Kier molecular flexibility index (Phi) is 6.10. The van der Waals surface area contributed by atoms with E-state index < -0.39 is 10.0 Å². The van der Waals surface area contributed by atoms with E-state index in [0.29, 0.717) is 33.5 Å². The van der Waals surface area contributed by atoms with Crippen LogP contribution in [0.5, 0.6) is 0 Å². The molecule has 0 unspecified atom stereocenters. The van der Waals surface area contributed by atoms with E-state index in [-0.39, 0.29) is 17.4 Å². The molecule has 3 aromatic rings. The minimum absolute atomic E-state index is 0.225. The van der Waals surface area contributed by atoms with Gasteiger partial charge in [0.15, 0.2) is 0 Å². The summed E-state index contributed by atoms with van der Waals surface area (Å²) in [5.41, 5.74) is 3.72. The molecule has 1 aromatic heterocycles. The third-order valence-electron chi connectivity index (χ3n) is 6.60. The van der Waals surface area contributed by atoms with Crippen molar-refractivity contribution in [1.29, 1.82) is 0 Å². The maximum absolute atomic E-state index is 13.7. The maximum atomic E-state index is 13.7. The predicted molar refractivity (Wildman–Crippen MR) is 133 cm³/mol. The monoisotopic (exact) mass is 501 g/mol. The number of fused-ring (bicyclic) bond motifs is 3. The Labute approximate surface area is 204 Å². The summed E-state index contributed by atoms with van der Waals surface area (Å²) < 4.78 is 28.8. The highest BCUT2D eigenvalue weighted by Gasteiger charge is 2.32. The third-order valence-corrected chi connectivity index (χ3v) is 8.98. The van der Waals surface area contributed by atoms with Crippen LogP contribution in [-0.4, -0.2) is 24.9 Å². The van der Waals surface area contributed by atoms with Gasteiger partial charge in [-0.2, -0.15) is 0 Å². The fourth-order valence-electron chi connectivity index (χ4n) is 4.79. The van der Waals surface area contributed by atoms with Crippen molar-refractivity contribution >= 4 is 38.9 Å². The van der Waals surface area contributed by atoms with Crippen LogP contribution in [0.4, 0.5) is 5.69 Å². The molecular formula is C25H25Cl2N3O2S. The molecule has 0 N–H and O–H groups in total. The molecule has 1 saturated carbocycles. The zero-order valence-corrected chi connectivity index (χ0v) is 20.7. The van der Waals surface area contributed by atoms with Crippen molar-refractivity contribution in [2.24, 2.45) is 0 Å². The highest BCUT2D eigenvalue weighted by Crippen LogP contribution is 2.42. The Morgan fingerprint density at radius 1 is 0.970 bits per heavy atom. The molecule has 5 nitrogen and oxygen atoms in total. The molecule has 2 aromatic carbocycles. The zero-order valence-electron chi connectivity index (χ0n) is 18.4. The second-order valence-corrected chi connectivity index (χ2v) is 11.5. The number of aryl methyl sites for hydroxylation is 1. The number of halogens is 2. The van der Waals surface area contributed by atoms with Crippen LogP contribution in [0.3, 0.4) is 0 Å². The Morgan fingerprint density at radius 2 is 1.70 bits per heavy atom. The van der Waals surface area contributed by atoms with Crippen LogP contribution in [0.2, 0.25) is 10.2 Å². The molecule has 2 aliphatic rings. The van der Waals surface area contributed by atoms with E-state index in [9.17, 15) is 8.42 Å². The highest BCUT2D eigenvalue weighted by molar-refractivity contribution is 7.92. The summed E-state index contributed by atoms with van der Waals surface area (Å²) in [7, 11) is -3.81. The summed E-state index contributed by atoms with van der Waals surface area (Å²) in [6.45, 7) is 2.15. The van der Waals surface area contributed by atoms with Crippen LogP contribution in [-0.2, 0) is 16.4 Å². The SMILES string of the molecule is Cc1ccc(S(=O)(=O)N2CCc3c(Cl)nc(C4CCCCC4)nc3-c3ccc(Cl)cc32)cc1. The minimum atomic E-state index is -3.81. The first-order valence-corrected chi connectivity index (χ1v) is 13.5. The van der Waals surface area contributed by atoms with Crippen molar-refractivity contribution in [3.63, 3.8) is 0 Å². The van der Waals surface area contributed by atoms with Crippen LogP contribution in [0, 0.1) is 6.92 Å². The van der Waals surface area contributed by atoms with Crippen LogP contribution in [0.25, 0.3) is 11.3 Å². The van der Waals surface area contributed by atoms with Gasteiger partial charge in [0.05, 0.1) is 16.3 Å². The number of rotatable bonds is 3. The first kappa shape index (κ1) is 22.6. The minimum Gasteiger partial charge on any atom is -0.265 e. The van der Waals surface area contributed by atoms with Gasteiger partial charge in [0.2, 0.25) is 0 Å². The van der Waals surface area contributed by atoms with Gasteiger partial charge < -0.3 is 0 Å². The molecule has 0 atom stereocenters. The van der Waals surface area contributed by atoms with E-state index in [1.807, 2.05) is 13.0 Å². The van der Waals surface area contributed by atoms with E-state index in [2.05, 4.69) is 4.98 Å². The number of benzene rings is 2. The van der Waals surface area contributed by atoms with E-state index >= 15 is 0 Å². The van der Waals surface area contributed by atoms with E-state index in [0.717, 1.165) is 42.6 Å². The van der Waals surface area contributed by atoms with Crippen LogP contribution in [0.15, 0.2) is 47.4 Å². The van der Waals surface area contributed by atoms with Gasteiger partial charge in [-0.25, -0.2) is 18.4 Å². The molecule has 5 rings (SSSR count). The number of sulfonamides is 1. The van der Waals surface area contributed by atoms with Gasteiger partial charge in [-0.3, -0.25) is 4.31 Å². The van der Waals surface area contributed by atoms with Crippen LogP contribution < -0.4 is 4.31 Å². The molecule has 0 spiro atoms. The van der Waals surface area contributed by atoms with E-state index in [1.54, 1.807) is 36.4 Å². The molecule has 8 heteroatoms. The van der Waals surface area contributed by atoms with Crippen molar-refractivity contribution in [3.8, 4) is 11.3 Å². The van der Waals surface area contributed by atoms with Crippen molar-refractivity contribution in [3.05, 3.63) is 69.6 Å². The predicted octanol–water partition coefficient (Wildman–Crippen LogP) is 6.56. The Balaban J connectivity index is 1.66. The summed E-state index contributed by atoms with van der Waals surface area (Å²) in [4.78, 5) is 9.87. The highest BCUT2D eigenvalue weighted by atomic mass is 35.5. The van der Waals surface area contributed by atoms with Crippen molar-refractivity contribution in [1.82, 2.24) is 9.97 Å². The molecule has 2 heterocycles. The average molecular weight is 502 g/mol. The third kappa shape index (κ3) is 4.25. The molecule has 172 valence electrons. The van der Waals surface area contributed by atoms with Gasteiger partial charge in [0.25, 0.3) is 10.0 Å². The summed E-state index contributed by atoms with van der Waals surface area (Å²) in [6.07, 6.45) is 6.08. The normalized spacial score (nSPS) is 16.8. The number of aromatic nitrogens is 2. The molecule has 0 saturated heterocycles. The van der Waals surface area contributed by atoms with Gasteiger partial charge in [-0.05, 0) is 56.5 Å². The summed E-state index contributed by atoms with van der Waals surface area (Å²) >= 11 is 13.0. The maximum Gasteiger partial charge on any atom is 0.264 e.